The zero-order valence-corrected chi connectivity index (χ0v) is 15.0. The van der Waals surface area contributed by atoms with E-state index in [0.29, 0.717) is 24.9 Å². The van der Waals surface area contributed by atoms with Crippen molar-refractivity contribution in [3.63, 3.8) is 0 Å². The van der Waals surface area contributed by atoms with Crippen molar-refractivity contribution in [2.45, 2.75) is 45.1 Å². The number of piperidine rings is 1. The van der Waals surface area contributed by atoms with Gasteiger partial charge in [0.05, 0.1) is 0 Å². The van der Waals surface area contributed by atoms with Gasteiger partial charge in [-0.1, -0.05) is 24.2 Å². The van der Waals surface area contributed by atoms with E-state index in [1.165, 1.54) is 5.56 Å². The summed E-state index contributed by atoms with van der Waals surface area (Å²) in [6, 6.07) is 8.05. The molecule has 0 aliphatic carbocycles. The third-order valence-corrected chi connectivity index (χ3v) is 4.72. The minimum atomic E-state index is -0.493. The van der Waals surface area contributed by atoms with Crippen molar-refractivity contribution in [3.8, 4) is 5.75 Å². The summed E-state index contributed by atoms with van der Waals surface area (Å²) in [7, 11) is 0. The summed E-state index contributed by atoms with van der Waals surface area (Å²) in [5.74, 6) is 2.58. The number of aryl methyl sites for hydroxylation is 2. The summed E-state index contributed by atoms with van der Waals surface area (Å²) in [6.45, 7) is 6.76. The lowest BCUT2D eigenvalue weighted by Gasteiger charge is -2.31. The number of rotatable bonds is 7. The summed E-state index contributed by atoms with van der Waals surface area (Å²) < 4.78 is 11.0. The molecule has 1 aliphatic heterocycles. The van der Waals surface area contributed by atoms with Crippen LogP contribution in [0.15, 0.2) is 28.8 Å². The zero-order valence-electron chi connectivity index (χ0n) is 15.0. The number of nitrogens with zero attached hydrogens (tertiary/aromatic N) is 3. The van der Waals surface area contributed by atoms with E-state index >= 15 is 0 Å². The molecule has 0 amide bonds. The van der Waals surface area contributed by atoms with Crippen molar-refractivity contribution < 1.29 is 14.4 Å². The highest BCUT2D eigenvalue weighted by molar-refractivity contribution is 5.27. The molecule has 1 unspecified atom stereocenters. The molecule has 1 atom stereocenters. The fourth-order valence-corrected chi connectivity index (χ4v) is 3.21. The van der Waals surface area contributed by atoms with Crippen LogP contribution in [0.2, 0.25) is 0 Å². The van der Waals surface area contributed by atoms with E-state index in [0.717, 1.165) is 44.0 Å². The van der Waals surface area contributed by atoms with Crippen molar-refractivity contribution in [3.05, 3.63) is 41.5 Å². The maximum Gasteiger partial charge on any atom is 0.229 e. The first-order valence-electron chi connectivity index (χ1n) is 9.06. The third-order valence-electron chi connectivity index (χ3n) is 4.72. The Balaban J connectivity index is 1.39. The predicted molar refractivity (Wildman–Crippen MR) is 94.8 cm³/mol. The molecule has 3 rings (SSSR count). The lowest BCUT2D eigenvalue weighted by atomic mass is 9.96. The number of aromatic nitrogens is 2. The quantitative estimate of drug-likeness (QED) is 0.831. The molecule has 6 nitrogen and oxygen atoms in total. The molecule has 0 spiro atoms. The van der Waals surface area contributed by atoms with Crippen LogP contribution in [0.3, 0.4) is 0 Å². The molecule has 2 aromatic rings. The van der Waals surface area contributed by atoms with E-state index in [1.807, 2.05) is 19.1 Å². The summed E-state index contributed by atoms with van der Waals surface area (Å²) in [4.78, 5) is 6.60. The number of benzene rings is 1. The zero-order chi connectivity index (χ0) is 17.6. The highest BCUT2D eigenvalue weighted by atomic mass is 16.5. The Morgan fingerprint density at radius 1 is 1.28 bits per heavy atom. The number of hydrogen-bond donors (Lipinski definition) is 1. The Morgan fingerprint density at radius 2 is 2.00 bits per heavy atom. The second-order valence-corrected chi connectivity index (χ2v) is 6.72. The second kappa shape index (κ2) is 8.45. The Bertz CT molecular complexity index is 648. The lowest BCUT2D eigenvalue weighted by molar-refractivity contribution is 0.0579. The molecule has 1 aromatic heterocycles. The van der Waals surface area contributed by atoms with Gasteiger partial charge in [-0.25, -0.2) is 0 Å². The molecule has 1 aliphatic rings. The number of ether oxygens (including phenoxy) is 1. The van der Waals surface area contributed by atoms with E-state index < -0.39 is 6.10 Å². The SMILES string of the molecule is CCc1ccc(OCC(O)CN2CCC(c3nc(C)no3)CC2)cc1. The topological polar surface area (TPSA) is 71.6 Å². The first-order valence-corrected chi connectivity index (χ1v) is 9.06. The molecule has 0 radical (unpaired) electrons. The van der Waals surface area contributed by atoms with Crippen LogP contribution in [0, 0.1) is 6.92 Å². The third kappa shape index (κ3) is 5.03. The monoisotopic (exact) mass is 345 g/mol. The maximum absolute atomic E-state index is 10.2. The van der Waals surface area contributed by atoms with Crippen LogP contribution in [0.25, 0.3) is 0 Å². The van der Waals surface area contributed by atoms with Gasteiger partial charge in [-0.05, 0) is 57.0 Å². The van der Waals surface area contributed by atoms with Crippen molar-refractivity contribution in [2.75, 3.05) is 26.2 Å². The van der Waals surface area contributed by atoms with Gasteiger partial charge in [0.15, 0.2) is 5.82 Å². The van der Waals surface area contributed by atoms with Crippen LogP contribution in [-0.4, -0.2) is 52.5 Å². The van der Waals surface area contributed by atoms with E-state index in [4.69, 9.17) is 9.26 Å². The molecular weight excluding hydrogens is 318 g/mol. The Kier molecular flexibility index (Phi) is 6.04. The minimum absolute atomic E-state index is 0.314. The van der Waals surface area contributed by atoms with Gasteiger partial charge < -0.3 is 19.3 Å². The van der Waals surface area contributed by atoms with Gasteiger partial charge in [0, 0.05) is 12.5 Å². The molecule has 0 bridgehead atoms. The Hall–Kier alpha value is -1.92. The summed E-state index contributed by atoms with van der Waals surface area (Å²) in [5, 5.41) is 14.1. The molecule has 1 aromatic carbocycles. The Labute approximate surface area is 148 Å². The van der Waals surface area contributed by atoms with Gasteiger partial charge in [0.1, 0.15) is 18.5 Å². The van der Waals surface area contributed by atoms with Gasteiger partial charge in [-0.3, -0.25) is 0 Å². The van der Waals surface area contributed by atoms with Gasteiger partial charge in [0.25, 0.3) is 0 Å². The number of β-amino-alcohol motifs (C(OH)–C–C–N with tert-alkyl or cyclic N) is 1. The van der Waals surface area contributed by atoms with Crippen molar-refractivity contribution in [1.29, 1.82) is 0 Å². The fraction of sp³-hybridized carbons (Fsp3) is 0.579. The van der Waals surface area contributed by atoms with E-state index in [-0.39, 0.29) is 0 Å². The van der Waals surface area contributed by atoms with E-state index in [2.05, 4.69) is 34.1 Å². The molecule has 25 heavy (non-hydrogen) atoms. The van der Waals surface area contributed by atoms with Gasteiger partial charge in [-0.2, -0.15) is 4.98 Å². The summed E-state index contributed by atoms with van der Waals surface area (Å²) >= 11 is 0. The number of aliphatic hydroxyl groups excluding tert-OH is 1. The minimum Gasteiger partial charge on any atom is -0.491 e. The van der Waals surface area contributed by atoms with Crippen LogP contribution in [0.4, 0.5) is 0 Å². The average Bonchev–Trinajstić information content (AvgIpc) is 3.07. The molecule has 1 fully saturated rings. The molecular formula is C19H27N3O3. The maximum atomic E-state index is 10.2. The van der Waals surface area contributed by atoms with Gasteiger partial charge in [-0.15, -0.1) is 0 Å². The van der Waals surface area contributed by atoms with E-state index in [9.17, 15) is 5.11 Å². The fourth-order valence-electron chi connectivity index (χ4n) is 3.21. The predicted octanol–water partition coefficient (Wildman–Crippen LogP) is 2.56. The molecule has 136 valence electrons. The molecule has 1 N–H and O–H groups in total. The van der Waals surface area contributed by atoms with Crippen LogP contribution in [0.5, 0.6) is 5.75 Å². The number of likely N-dealkylation sites (tertiary alicyclic amines) is 1. The van der Waals surface area contributed by atoms with Crippen LogP contribution >= 0.6 is 0 Å². The van der Waals surface area contributed by atoms with Crippen molar-refractivity contribution in [1.82, 2.24) is 15.0 Å². The molecule has 6 heteroatoms. The van der Waals surface area contributed by atoms with Crippen molar-refractivity contribution >= 4 is 0 Å². The van der Waals surface area contributed by atoms with Gasteiger partial charge in [0.2, 0.25) is 5.89 Å². The highest BCUT2D eigenvalue weighted by Gasteiger charge is 2.25. The van der Waals surface area contributed by atoms with Crippen LogP contribution in [0.1, 0.15) is 43.0 Å². The highest BCUT2D eigenvalue weighted by Crippen LogP contribution is 2.26. The summed E-state index contributed by atoms with van der Waals surface area (Å²) in [6.07, 6.45) is 2.48. The summed E-state index contributed by atoms with van der Waals surface area (Å²) in [5.41, 5.74) is 1.28. The first kappa shape index (κ1) is 17.9. The standard InChI is InChI=1S/C19H27N3O3/c1-3-15-4-6-18(7-5-15)24-13-17(23)12-22-10-8-16(9-11-22)19-20-14(2)21-25-19/h4-7,16-17,23H,3,8-13H2,1-2H3. The van der Waals surface area contributed by atoms with Gasteiger partial charge >= 0.3 is 0 Å². The second-order valence-electron chi connectivity index (χ2n) is 6.72. The van der Waals surface area contributed by atoms with E-state index in [1.54, 1.807) is 0 Å². The number of hydrogen-bond acceptors (Lipinski definition) is 6. The Morgan fingerprint density at radius 3 is 2.60 bits per heavy atom. The van der Waals surface area contributed by atoms with Crippen LogP contribution in [-0.2, 0) is 6.42 Å². The molecule has 1 saturated heterocycles. The average molecular weight is 345 g/mol. The molecule has 2 heterocycles. The smallest absolute Gasteiger partial charge is 0.229 e. The largest absolute Gasteiger partial charge is 0.491 e. The normalized spacial score (nSPS) is 17.6. The first-order chi connectivity index (χ1) is 12.1. The number of aliphatic hydroxyl groups is 1. The van der Waals surface area contributed by atoms with Crippen LogP contribution < -0.4 is 4.74 Å². The van der Waals surface area contributed by atoms with Crippen molar-refractivity contribution in [2.24, 2.45) is 0 Å². The lowest BCUT2D eigenvalue weighted by Crippen LogP contribution is -2.40. The molecule has 0 saturated carbocycles.